The Morgan fingerprint density at radius 3 is 2.26 bits per heavy atom. The number of hydrogen-bond donors (Lipinski definition) is 1. The predicted molar refractivity (Wildman–Crippen MR) is 70.6 cm³/mol. The summed E-state index contributed by atoms with van der Waals surface area (Å²) in [6.07, 6.45) is 2.53. The minimum Gasteiger partial charge on any atom is -0.508 e. The maximum absolute atomic E-state index is 12.0. The molecule has 1 heterocycles. The Morgan fingerprint density at radius 2 is 1.74 bits per heavy atom. The fraction of sp³-hybridized carbons (Fsp3) is 0.533. The van der Waals surface area contributed by atoms with Gasteiger partial charge in [0.1, 0.15) is 5.75 Å². The third-order valence-electron chi connectivity index (χ3n) is 3.29. The molecular formula is C15H20O4. The summed E-state index contributed by atoms with van der Waals surface area (Å²) >= 11 is 0. The van der Waals surface area contributed by atoms with Crippen molar-refractivity contribution in [3.8, 4) is 5.75 Å². The van der Waals surface area contributed by atoms with Crippen LogP contribution in [-0.4, -0.2) is 16.9 Å². The monoisotopic (exact) mass is 264 g/mol. The van der Waals surface area contributed by atoms with Gasteiger partial charge in [0.15, 0.2) is 6.10 Å². The molecule has 2 rings (SSSR count). The summed E-state index contributed by atoms with van der Waals surface area (Å²) in [5.74, 6) is -0.945. The smallest absolute Gasteiger partial charge is 0.342 e. The molecule has 0 unspecified atom stereocenters. The first-order valence-corrected chi connectivity index (χ1v) is 6.80. The molecular weight excluding hydrogens is 244 g/mol. The first kappa shape index (κ1) is 13.9. The van der Waals surface area contributed by atoms with Gasteiger partial charge in [-0.2, -0.15) is 0 Å². The second-order valence-electron chi connectivity index (χ2n) is 4.92. The van der Waals surface area contributed by atoms with Crippen LogP contribution >= 0.6 is 0 Å². The number of cyclic esters (lactones) is 1. The summed E-state index contributed by atoms with van der Waals surface area (Å²) in [4.78, 5) is 12.0. The number of carbonyl (C=O) groups is 1. The molecule has 0 aliphatic carbocycles. The van der Waals surface area contributed by atoms with Gasteiger partial charge in [-0.3, -0.25) is 0 Å². The lowest BCUT2D eigenvalue weighted by Gasteiger charge is -2.26. The highest BCUT2D eigenvalue weighted by Gasteiger charge is 2.47. The van der Waals surface area contributed by atoms with E-state index in [0.717, 1.165) is 18.4 Å². The molecule has 1 aromatic carbocycles. The van der Waals surface area contributed by atoms with Gasteiger partial charge in [-0.25, -0.2) is 4.79 Å². The van der Waals surface area contributed by atoms with E-state index in [1.54, 1.807) is 24.3 Å². The van der Waals surface area contributed by atoms with Gasteiger partial charge < -0.3 is 14.6 Å². The Balaban J connectivity index is 2.20. The van der Waals surface area contributed by atoms with Crippen LogP contribution in [0.25, 0.3) is 0 Å². The third kappa shape index (κ3) is 2.89. The van der Waals surface area contributed by atoms with Gasteiger partial charge in [0, 0.05) is 12.8 Å². The standard InChI is InChI=1S/C15H20O4/c1-3-9-15(10-4-2)18-13(14(17)19-15)11-5-7-12(16)8-6-11/h5-8,13,16H,3-4,9-10H2,1-2H3/t13-/m1/s1. The normalized spacial score (nSPS) is 21.4. The molecule has 0 spiro atoms. The Labute approximate surface area is 113 Å². The van der Waals surface area contributed by atoms with Gasteiger partial charge in [0.05, 0.1) is 0 Å². The second kappa shape index (κ2) is 5.61. The molecule has 19 heavy (non-hydrogen) atoms. The molecule has 1 fully saturated rings. The highest BCUT2D eigenvalue weighted by atomic mass is 16.8. The molecule has 104 valence electrons. The first-order valence-electron chi connectivity index (χ1n) is 6.80. The number of rotatable bonds is 5. The Morgan fingerprint density at radius 1 is 1.16 bits per heavy atom. The maximum Gasteiger partial charge on any atom is 0.342 e. The van der Waals surface area contributed by atoms with E-state index >= 15 is 0 Å². The average Bonchev–Trinajstić information content (AvgIpc) is 2.68. The van der Waals surface area contributed by atoms with Crippen LogP contribution in [0.2, 0.25) is 0 Å². The van der Waals surface area contributed by atoms with E-state index in [0.29, 0.717) is 12.8 Å². The van der Waals surface area contributed by atoms with E-state index in [9.17, 15) is 9.90 Å². The minimum atomic E-state index is -0.775. The fourth-order valence-electron chi connectivity index (χ4n) is 2.48. The van der Waals surface area contributed by atoms with Gasteiger partial charge in [0.2, 0.25) is 5.79 Å². The molecule has 0 bridgehead atoms. The second-order valence-corrected chi connectivity index (χ2v) is 4.92. The zero-order chi connectivity index (χ0) is 13.9. The Bertz CT molecular complexity index is 432. The lowest BCUT2D eigenvalue weighted by Crippen LogP contribution is -2.30. The number of hydrogen-bond acceptors (Lipinski definition) is 4. The van der Waals surface area contributed by atoms with Crippen molar-refractivity contribution >= 4 is 5.97 Å². The van der Waals surface area contributed by atoms with E-state index in [2.05, 4.69) is 0 Å². The van der Waals surface area contributed by atoms with Gasteiger partial charge in [-0.05, 0) is 30.5 Å². The quantitative estimate of drug-likeness (QED) is 0.829. The number of esters is 1. The number of phenols is 1. The maximum atomic E-state index is 12.0. The number of benzene rings is 1. The number of ether oxygens (including phenoxy) is 2. The van der Waals surface area contributed by atoms with Crippen LogP contribution in [0.15, 0.2) is 24.3 Å². The van der Waals surface area contributed by atoms with Crippen LogP contribution in [-0.2, 0) is 14.3 Å². The molecule has 1 aliphatic rings. The molecule has 4 nitrogen and oxygen atoms in total. The third-order valence-corrected chi connectivity index (χ3v) is 3.29. The van der Waals surface area contributed by atoms with E-state index in [-0.39, 0.29) is 11.7 Å². The number of phenolic OH excluding ortho intramolecular Hbond substituents is 1. The molecule has 1 N–H and O–H groups in total. The molecule has 0 amide bonds. The highest BCUT2D eigenvalue weighted by molar-refractivity contribution is 5.78. The summed E-state index contributed by atoms with van der Waals surface area (Å²) in [7, 11) is 0. The lowest BCUT2D eigenvalue weighted by molar-refractivity contribution is -0.185. The Kier molecular flexibility index (Phi) is 4.10. The molecule has 4 heteroatoms. The highest BCUT2D eigenvalue weighted by Crippen LogP contribution is 2.40. The van der Waals surface area contributed by atoms with Crippen LogP contribution in [0.3, 0.4) is 0 Å². The fourth-order valence-corrected chi connectivity index (χ4v) is 2.48. The van der Waals surface area contributed by atoms with Crippen LogP contribution in [0, 0.1) is 0 Å². The van der Waals surface area contributed by atoms with Crippen LogP contribution in [0.4, 0.5) is 0 Å². The summed E-state index contributed by atoms with van der Waals surface area (Å²) in [6, 6.07) is 6.47. The van der Waals surface area contributed by atoms with Crippen molar-refractivity contribution in [2.45, 2.75) is 51.4 Å². The van der Waals surface area contributed by atoms with Gasteiger partial charge in [-0.1, -0.05) is 26.0 Å². The SMILES string of the molecule is CCCC1(CCC)OC(=O)[C@@H](c2ccc(O)cc2)O1. The largest absolute Gasteiger partial charge is 0.508 e. The zero-order valence-corrected chi connectivity index (χ0v) is 11.4. The van der Waals surface area contributed by atoms with E-state index in [1.807, 2.05) is 13.8 Å². The zero-order valence-electron chi connectivity index (χ0n) is 11.4. The van der Waals surface area contributed by atoms with Gasteiger partial charge >= 0.3 is 5.97 Å². The Hall–Kier alpha value is -1.55. The van der Waals surface area contributed by atoms with Crippen molar-refractivity contribution in [1.82, 2.24) is 0 Å². The number of aromatic hydroxyl groups is 1. The topological polar surface area (TPSA) is 55.8 Å². The lowest BCUT2D eigenvalue weighted by atomic mass is 10.1. The minimum absolute atomic E-state index is 0.170. The van der Waals surface area contributed by atoms with Gasteiger partial charge in [-0.15, -0.1) is 0 Å². The summed E-state index contributed by atoms with van der Waals surface area (Å²) < 4.78 is 11.4. The molecule has 0 saturated carbocycles. The van der Waals surface area contributed by atoms with Gasteiger partial charge in [0.25, 0.3) is 0 Å². The van der Waals surface area contributed by atoms with Crippen LogP contribution in [0.1, 0.15) is 51.2 Å². The molecule has 1 aromatic rings. The summed E-state index contributed by atoms with van der Waals surface area (Å²) in [5.41, 5.74) is 0.719. The molecule has 0 aromatic heterocycles. The summed E-state index contributed by atoms with van der Waals surface area (Å²) in [5, 5.41) is 9.28. The van der Waals surface area contributed by atoms with Crippen molar-refractivity contribution < 1.29 is 19.4 Å². The predicted octanol–water partition coefficient (Wildman–Crippen LogP) is 3.30. The van der Waals surface area contributed by atoms with Crippen LogP contribution in [0.5, 0.6) is 5.75 Å². The first-order chi connectivity index (χ1) is 9.10. The van der Waals surface area contributed by atoms with Crippen molar-refractivity contribution in [2.75, 3.05) is 0 Å². The van der Waals surface area contributed by atoms with Crippen LogP contribution < -0.4 is 0 Å². The average molecular weight is 264 g/mol. The van der Waals surface area contributed by atoms with E-state index in [4.69, 9.17) is 9.47 Å². The summed E-state index contributed by atoms with van der Waals surface area (Å²) in [6.45, 7) is 4.09. The van der Waals surface area contributed by atoms with Crippen molar-refractivity contribution in [3.05, 3.63) is 29.8 Å². The van der Waals surface area contributed by atoms with E-state index < -0.39 is 11.9 Å². The molecule has 1 aliphatic heterocycles. The molecule has 1 atom stereocenters. The molecule has 1 saturated heterocycles. The number of carbonyl (C=O) groups excluding carboxylic acids is 1. The van der Waals surface area contributed by atoms with Crippen molar-refractivity contribution in [2.24, 2.45) is 0 Å². The van der Waals surface area contributed by atoms with Crippen molar-refractivity contribution in [1.29, 1.82) is 0 Å². The van der Waals surface area contributed by atoms with E-state index in [1.165, 1.54) is 0 Å². The van der Waals surface area contributed by atoms with Crippen molar-refractivity contribution in [3.63, 3.8) is 0 Å². The molecule has 0 radical (unpaired) electrons.